The van der Waals surface area contributed by atoms with E-state index in [1.165, 1.54) is 22.3 Å². The number of hydrogen-bond acceptors (Lipinski definition) is 8. The summed E-state index contributed by atoms with van der Waals surface area (Å²) in [6, 6.07) is 65.0. The van der Waals surface area contributed by atoms with Crippen molar-refractivity contribution < 1.29 is 14.8 Å². The summed E-state index contributed by atoms with van der Waals surface area (Å²) in [6.45, 7) is 6.19. The number of benzene rings is 8. The highest BCUT2D eigenvalue weighted by Gasteiger charge is 2.48. The molecule has 80 heavy (non-hydrogen) atoms. The monoisotopic (exact) mass is 1180 g/mol. The van der Waals surface area contributed by atoms with Crippen LogP contribution in [0.1, 0.15) is 94.4 Å². The van der Waals surface area contributed by atoms with Crippen molar-refractivity contribution >= 4 is 81.0 Å². The summed E-state index contributed by atoms with van der Waals surface area (Å²) < 4.78 is 0. The number of hydrogen-bond donors (Lipinski definition) is 1. The number of rotatable bonds is 13. The normalized spacial score (nSPS) is 20.0. The second kappa shape index (κ2) is 22.9. The highest BCUT2D eigenvalue weighted by atomic mass is 35.5. The van der Waals surface area contributed by atoms with Crippen LogP contribution in [0.25, 0.3) is 10.4 Å². The summed E-state index contributed by atoms with van der Waals surface area (Å²) in [5, 5.41) is 26.7. The zero-order valence-corrected chi connectivity index (χ0v) is 48.1. The number of nitrogens with zero attached hydrogens (tertiary/aromatic N) is 7. The maximum atomic E-state index is 11.5. The minimum absolute atomic E-state index is 0.0660. The van der Waals surface area contributed by atoms with Crippen LogP contribution in [0, 0.1) is 0 Å². The Morgan fingerprint density at radius 1 is 0.475 bits per heavy atom. The Morgan fingerprint density at radius 2 is 0.800 bits per heavy atom. The van der Waals surface area contributed by atoms with Gasteiger partial charge in [0, 0.05) is 55.1 Å². The predicted molar refractivity (Wildman–Crippen MR) is 322 cm³/mol. The molecule has 2 atom stereocenters. The van der Waals surface area contributed by atoms with Gasteiger partial charge in [-0.15, -0.1) is 0 Å². The molecule has 0 amide bonds. The van der Waals surface area contributed by atoms with Crippen LogP contribution in [0.15, 0.2) is 210 Å². The van der Waals surface area contributed by atoms with Gasteiger partial charge < -0.3 is 14.8 Å². The van der Waals surface area contributed by atoms with Gasteiger partial charge in [0.25, 0.3) is 0 Å². The van der Waals surface area contributed by atoms with E-state index in [0.717, 1.165) is 44.8 Å². The lowest BCUT2D eigenvalue weighted by Gasteiger charge is -2.51. The maximum absolute atomic E-state index is 11.5. The number of aliphatic hydroxyl groups is 1. The quantitative estimate of drug-likeness (QED) is 0.0534. The molecule has 2 fully saturated rings. The van der Waals surface area contributed by atoms with Crippen molar-refractivity contribution in [3.63, 3.8) is 0 Å². The largest absolute Gasteiger partial charge is 0.384 e. The average molecular weight is 1180 g/mol. The molecule has 4 heterocycles. The molecule has 8 aromatic carbocycles. The van der Waals surface area contributed by atoms with Gasteiger partial charge in [-0.1, -0.05) is 255 Å². The molecule has 4 aliphatic heterocycles. The van der Waals surface area contributed by atoms with E-state index in [4.69, 9.17) is 79.3 Å². The molecule has 4 aliphatic rings. The van der Waals surface area contributed by atoms with Gasteiger partial charge in [0.15, 0.2) is 11.2 Å². The summed E-state index contributed by atoms with van der Waals surface area (Å²) in [7, 11) is 0. The second-order valence-electron chi connectivity index (χ2n) is 21.2. The van der Waals surface area contributed by atoms with Gasteiger partial charge in [-0.05, 0) is 88.2 Å². The number of azide groups is 1. The maximum Gasteiger partial charge on any atom is 0.165 e. The van der Waals surface area contributed by atoms with Crippen molar-refractivity contribution in [2.24, 2.45) is 15.4 Å². The molecular weight excluding hydrogens is 1130 g/mol. The number of oxime groups is 2. The smallest absolute Gasteiger partial charge is 0.165 e. The van der Waals surface area contributed by atoms with Crippen molar-refractivity contribution in [2.45, 2.75) is 61.1 Å². The van der Waals surface area contributed by atoms with Crippen LogP contribution < -0.4 is 0 Å². The van der Waals surface area contributed by atoms with Crippen LogP contribution in [0.3, 0.4) is 0 Å². The molecule has 0 spiro atoms. The molecule has 2 unspecified atom stereocenters. The molecule has 1 N–H and O–H groups in total. The second-order valence-corrected chi connectivity index (χ2v) is 23.6. The fourth-order valence-corrected chi connectivity index (χ4v) is 12.5. The van der Waals surface area contributed by atoms with Gasteiger partial charge in [0.1, 0.15) is 5.60 Å². The number of likely N-dealkylation sites (tertiary alicyclic amines) is 2. The van der Waals surface area contributed by atoms with Crippen molar-refractivity contribution in [3.8, 4) is 0 Å². The van der Waals surface area contributed by atoms with E-state index in [-0.39, 0.29) is 12.1 Å². The van der Waals surface area contributed by atoms with Gasteiger partial charge in [0.05, 0.1) is 59.2 Å². The number of halogens is 6. The Balaban J connectivity index is 0.000000169. The molecule has 0 aliphatic carbocycles. The SMILES string of the molecule is CC1(c2cc(Cl)c(Cl)c(Cl)c2)CC(c2ccc(C3(N=[N+]=[N-])CN(C(c4ccccc4)c4ccccc4)C3)cc2)=NO1.CC1(c2cc(Cl)c(Cl)c(Cl)c2)CC(c2ccc(C3(O)CN(C(c4ccccc4)c4ccccc4)C3)cc2)=NO1. The van der Waals surface area contributed by atoms with Crippen LogP contribution in [0.5, 0.6) is 0 Å². The zero-order valence-electron chi connectivity index (χ0n) is 43.5. The van der Waals surface area contributed by atoms with E-state index >= 15 is 0 Å². The fraction of sp³-hybridized carbons (Fsp3) is 0.219. The van der Waals surface area contributed by atoms with Crippen LogP contribution in [0.2, 0.25) is 30.1 Å². The van der Waals surface area contributed by atoms with Gasteiger partial charge >= 0.3 is 0 Å². The van der Waals surface area contributed by atoms with Crippen molar-refractivity contribution in [1.29, 1.82) is 0 Å². The molecule has 404 valence electrons. The third kappa shape index (κ3) is 11.1. The summed E-state index contributed by atoms with van der Waals surface area (Å²) in [5.41, 5.74) is 18.3. The van der Waals surface area contributed by atoms with Gasteiger partial charge in [-0.25, -0.2) is 0 Å². The summed E-state index contributed by atoms with van der Waals surface area (Å²) in [6.07, 6.45) is 1.08. The Kier molecular flexibility index (Phi) is 15.9. The van der Waals surface area contributed by atoms with E-state index in [1.807, 2.05) is 86.6 Å². The molecule has 0 radical (unpaired) electrons. The van der Waals surface area contributed by atoms with Crippen LogP contribution in [-0.2, 0) is 32.0 Å². The van der Waals surface area contributed by atoms with Gasteiger partial charge in [-0.3, -0.25) is 9.80 Å². The van der Waals surface area contributed by atoms with Crippen molar-refractivity contribution in [3.05, 3.63) is 290 Å². The summed E-state index contributed by atoms with van der Waals surface area (Å²) in [4.78, 5) is 19.7. The third-order valence-electron chi connectivity index (χ3n) is 15.7. The molecule has 8 aromatic rings. The van der Waals surface area contributed by atoms with Crippen molar-refractivity contribution in [2.75, 3.05) is 26.2 Å². The fourth-order valence-electron chi connectivity index (χ4n) is 11.3. The predicted octanol–water partition coefficient (Wildman–Crippen LogP) is 17.3. The van der Waals surface area contributed by atoms with Crippen LogP contribution in [-0.4, -0.2) is 52.5 Å². The Morgan fingerprint density at radius 3 is 1.14 bits per heavy atom. The van der Waals surface area contributed by atoms with Crippen LogP contribution in [0.4, 0.5) is 0 Å². The first kappa shape index (κ1) is 55.5. The van der Waals surface area contributed by atoms with Gasteiger partial charge in [0.2, 0.25) is 0 Å². The third-order valence-corrected chi connectivity index (χ3v) is 18.1. The summed E-state index contributed by atoms with van der Waals surface area (Å²) >= 11 is 37.3. The van der Waals surface area contributed by atoms with E-state index in [9.17, 15) is 10.6 Å². The minimum atomic E-state index is -0.917. The molecular formula is C64H53Cl6N7O3. The highest BCUT2D eigenvalue weighted by Crippen LogP contribution is 2.47. The van der Waals surface area contributed by atoms with E-state index in [0.29, 0.717) is 69.2 Å². The molecule has 16 heteroatoms. The lowest BCUT2D eigenvalue weighted by atomic mass is 9.79. The van der Waals surface area contributed by atoms with E-state index in [2.05, 4.69) is 127 Å². The first-order chi connectivity index (χ1) is 38.6. The zero-order chi connectivity index (χ0) is 55.8. The van der Waals surface area contributed by atoms with Crippen LogP contribution >= 0.6 is 69.6 Å². The Labute approximate surface area is 495 Å². The molecule has 0 bridgehead atoms. The Bertz CT molecular complexity index is 3530. The molecule has 10 nitrogen and oxygen atoms in total. The highest BCUT2D eigenvalue weighted by molar-refractivity contribution is 6.48. The molecule has 0 saturated carbocycles. The topological polar surface area (TPSA) is 119 Å². The summed E-state index contributed by atoms with van der Waals surface area (Å²) in [5.74, 6) is 0. The average Bonchev–Trinajstić information content (AvgIpc) is 4.14. The first-order valence-corrected chi connectivity index (χ1v) is 28.3. The Hall–Kier alpha value is -6.37. The number of β-amino-alcohol motifs (C(OH)–C–C–N with tert-alkyl or cyclic N) is 1. The lowest BCUT2D eigenvalue weighted by Crippen LogP contribution is -2.60. The lowest BCUT2D eigenvalue weighted by molar-refractivity contribution is -0.116. The molecule has 2 saturated heterocycles. The molecule has 0 aromatic heterocycles. The van der Waals surface area contributed by atoms with E-state index in [1.54, 1.807) is 24.3 Å². The molecule has 12 rings (SSSR count). The minimum Gasteiger partial charge on any atom is -0.384 e. The first-order valence-electron chi connectivity index (χ1n) is 26.1. The van der Waals surface area contributed by atoms with Gasteiger partial charge in [-0.2, -0.15) is 0 Å². The van der Waals surface area contributed by atoms with E-state index < -0.39 is 22.3 Å². The standard InChI is InChI=1S/C32H26Cl3N5O.C32H27Cl3N2O2/c1-31(25-16-26(33)29(35)27(34)17-25)18-28(37-41-31)21-12-14-24(15-13-21)32(38-39-36)19-40(20-32)30(22-8-4-2-5-9-22)23-10-6-3-7-11-23;1-31(25-16-26(33)29(35)27(34)17-25)18-28(36-39-31)21-12-14-24(15-13-21)32(38)19-37(20-32)30(22-8-4-2-5-9-22)23-10-6-3-7-11-23/h2-17,30H,18-20H2,1H3;2-17,30,38H,18-20H2,1H3. The van der Waals surface area contributed by atoms with Crippen molar-refractivity contribution in [1.82, 2.24) is 9.80 Å².